The molecule has 0 unspecified atom stereocenters. The summed E-state index contributed by atoms with van der Waals surface area (Å²) in [5.74, 6) is 0.764. The van der Waals surface area contributed by atoms with Gasteiger partial charge < -0.3 is 20.5 Å². The van der Waals surface area contributed by atoms with E-state index in [1.807, 2.05) is 38.1 Å². The van der Waals surface area contributed by atoms with E-state index in [0.29, 0.717) is 19.5 Å². The van der Waals surface area contributed by atoms with Crippen molar-refractivity contribution in [3.63, 3.8) is 0 Å². The lowest BCUT2D eigenvalue weighted by atomic mass is 10.1. The first-order chi connectivity index (χ1) is 9.54. The maximum absolute atomic E-state index is 11.9. The highest BCUT2D eigenvalue weighted by Gasteiger charge is 2.27. The Hall–Kier alpha value is -1.59. The van der Waals surface area contributed by atoms with E-state index in [1.165, 1.54) is 0 Å². The molecule has 1 fully saturated rings. The predicted octanol–water partition coefficient (Wildman–Crippen LogP) is 0.813. The Morgan fingerprint density at radius 2 is 2.15 bits per heavy atom. The second-order valence-electron chi connectivity index (χ2n) is 5.38. The summed E-state index contributed by atoms with van der Waals surface area (Å²) in [6.07, 6.45) is 0.214. The van der Waals surface area contributed by atoms with E-state index in [0.717, 1.165) is 11.3 Å². The normalized spacial score (nSPS) is 22.0. The molecule has 3 N–H and O–H groups in total. The predicted molar refractivity (Wildman–Crippen MR) is 76.5 cm³/mol. The molecule has 1 aromatic carbocycles. The van der Waals surface area contributed by atoms with Gasteiger partial charge in [-0.3, -0.25) is 4.79 Å². The first-order valence-corrected chi connectivity index (χ1v) is 6.99. The average molecular weight is 278 g/mol. The van der Waals surface area contributed by atoms with Gasteiger partial charge in [-0.25, -0.2) is 0 Å². The Morgan fingerprint density at radius 1 is 1.45 bits per heavy atom. The Labute approximate surface area is 119 Å². The average Bonchev–Trinajstić information content (AvgIpc) is 2.84. The zero-order valence-electron chi connectivity index (χ0n) is 11.9. The van der Waals surface area contributed by atoms with Crippen LogP contribution in [0.4, 0.5) is 0 Å². The topological polar surface area (TPSA) is 70.6 Å². The zero-order chi connectivity index (χ0) is 14.5. The van der Waals surface area contributed by atoms with Crippen LogP contribution in [0.3, 0.4) is 0 Å². The van der Waals surface area contributed by atoms with Gasteiger partial charge in [0, 0.05) is 13.1 Å². The van der Waals surface area contributed by atoms with Gasteiger partial charge in [-0.2, -0.15) is 0 Å². The molecule has 0 bridgehead atoms. The Morgan fingerprint density at radius 3 is 2.70 bits per heavy atom. The number of amides is 1. The first kappa shape index (κ1) is 14.8. The standard InChI is InChI=1S/C15H22N2O3/c1-10(2)20-13-5-3-11(4-6-13)8-17-15(19)14-7-12(18)9-16-14/h3-6,10,12,14,16,18H,7-9H2,1-2H3,(H,17,19)/t12-,14-/m0/s1. The van der Waals surface area contributed by atoms with Crippen LogP contribution in [0.25, 0.3) is 0 Å². The molecule has 0 spiro atoms. The van der Waals surface area contributed by atoms with Gasteiger partial charge in [-0.05, 0) is 38.0 Å². The van der Waals surface area contributed by atoms with Crippen molar-refractivity contribution in [3.8, 4) is 5.75 Å². The van der Waals surface area contributed by atoms with E-state index in [2.05, 4.69) is 10.6 Å². The molecular formula is C15H22N2O3. The number of carbonyl (C=O) groups is 1. The summed E-state index contributed by atoms with van der Waals surface area (Å²) < 4.78 is 5.56. The van der Waals surface area contributed by atoms with E-state index in [-0.39, 0.29) is 18.1 Å². The minimum Gasteiger partial charge on any atom is -0.491 e. The Kier molecular flexibility index (Phi) is 4.98. The number of ether oxygens (including phenoxy) is 1. The molecule has 0 saturated carbocycles. The van der Waals surface area contributed by atoms with Crippen molar-refractivity contribution >= 4 is 5.91 Å². The molecule has 20 heavy (non-hydrogen) atoms. The Balaban J connectivity index is 1.80. The summed E-state index contributed by atoms with van der Waals surface area (Å²) in [4.78, 5) is 11.9. The van der Waals surface area contributed by atoms with Gasteiger partial charge >= 0.3 is 0 Å². The molecule has 1 heterocycles. The minimum absolute atomic E-state index is 0.0657. The molecule has 2 atom stereocenters. The number of aliphatic hydroxyl groups is 1. The molecule has 1 aliphatic rings. The first-order valence-electron chi connectivity index (χ1n) is 6.99. The van der Waals surface area contributed by atoms with Gasteiger partial charge in [-0.15, -0.1) is 0 Å². The highest BCUT2D eigenvalue weighted by Crippen LogP contribution is 2.14. The molecule has 0 aromatic heterocycles. The molecule has 1 saturated heterocycles. The molecular weight excluding hydrogens is 256 g/mol. The number of aliphatic hydroxyl groups excluding tert-OH is 1. The Bertz CT molecular complexity index is 445. The minimum atomic E-state index is -0.418. The van der Waals surface area contributed by atoms with E-state index in [1.54, 1.807) is 0 Å². The van der Waals surface area contributed by atoms with Crippen molar-refractivity contribution in [1.82, 2.24) is 10.6 Å². The van der Waals surface area contributed by atoms with Crippen LogP contribution in [0.15, 0.2) is 24.3 Å². The molecule has 0 radical (unpaired) electrons. The van der Waals surface area contributed by atoms with Crippen LogP contribution in [0.5, 0.6) is 5.75 Å². The van der Waals surface area contributed by atoms with Crippen molar-refractivity contribution in [1.29, 1.82) is 0 Å². The molecule has 5 heteroatoms. The lowest BCUT2D eigenvalue weighted by Crippen LogP contribution is -2.39. The second-order valence-corrected chi connectivity index (χ2v) is 5.38. The highest BCUT2D eigenvalue weighted by atomic mass is 16.5. The molecule has 0 aliphatic carbocycles. The summed E-state index contributed by atoms with van der Waals surface area (Å²) in [7, 11) is 0. The van der Waals surface area contributed by atoms with Gasteiger partial charge in [0.2, 0.25) is 5.91 Å². The van der Waals surface area contributed by atoms with Crippen LogP contribution in [0, 0.1) is 0 Å². The fraction of sp³-hybridized carbons (Fsp3) is 0.533. The summed E-state index contributed by atoms with van der Waals surface area (Å²) in [5, 5.41) is 15.2. The second kappa shape index (κ2) is 6.72. The summed E-state index contributed by atoms with van der Waals surface area (Å²) in [6, 6.07) is 7.40. The number of nitrogens with one attached hydrogen (secondary N) is 2. The van der Waals surface area contributed by atoms with Crippen molar-refractivity contribution < 1.29 is 14.6 Å². The SMILES string of the molecule is CC(C)Oc1ccc(CNC(=O)[C@@H]2C[C@H](O)CN2)cc1. The number of carbonyl (C=O) groups excluding carboxylic acids is 1. The molecule has 1 amide bonds. The van der Waals surface area contributed by atoms with E-state index in [9.17, 15) is 9.90 Å². The van der Waals surface area contributed by atoms with Crippen molar-refractivity contribution in [2.24, 2.45) is 0 Å². The number of β-amino-alcohol motifs (C(OH)–C–C–N with tert-alkyl or cyclic N) is 1. The van der Waals surface area contributed by atoms with Crippen LogP contribution in [-0.4, -0.2) is 35.8 Å². The lowest BCUT2D eigenvalue weighted by molar-refractivity contribution is -0.123. The third-order valence-corrected chi connectivity index (χ3v) is 3.19. The summed E-state index contributed by atoms with van der Waals surface area (Å²) >= 11 is 0. The fourth-order valence-electron chi connectivity index (χ4n) is 2.19. The van der Waals surface area contributed by atoms with Crippen LogP contribution in [-0.2, 0) is 11.3 Å². The number of hydrogen-bond acceptors (Lipinski definition) is 4. The summed E-state index contributed by atoms with van der Waals surface area (Å²) in [6.45, 7) is 4.93. The number of rotatable bonds is 5. The van der Waals surface area contributed by atoms with Crippen LogP contribution in [0.1, 0.15) is 25.8 Å². The third-order valence-electron chi connectivity index (χ3n) is 3.19. The maximum Gasteiger partial charge on any atom is 0.237 e. The van der Waals surface area contributed by atoms with Gasteiger partial charge in [0.1, 0.15) is 5.75 Å². The number of benzene rings is 1. The lowest BCUT2D eigenvalue weighted by Gasteiger charge is -2.12. The van der Waals surface area contributed by atoms with E-state index >= 15 is 0 Å². The molecule has 1 aromatic rings. The summed E-state index contributed by atoms with van der Waals surface area (Å²) in [5.41, 5.74) is 1.02. The van der Waals surface area contributed by atoms with E-state index < -0.39 is 6.10 Å². The molecule has 2 rings (SSSR count). The zero-order valence-corrected chi connectivity index (χ0v) is 11.9. The third kappa shape index (κ3) is 4.21. The number of hydrogen-bond donors (Lipinski definition) is 3. The molecule has 5 nitrogen and oxygen atoms in total. The molecule has 1 aliphatic heterocycles. The van der Waals surface area contributed by atoms with E-state index in [4.69, 9.17) is 4.74 Å². The maximum atomic E-state index is 11.9. The van der Waals surface area contributed by atoms with Gasteiger partial charge in [0.25, 0.3) is 0 Å². The van der Waals surface area contributed by atoms with Crippen LogP contribution >= 0.6 is 0 Å². The van der Waals surface area contributed by atoms with Crippen molar-refractivity contribution in [3.05, 3.63) is 29.8 Å². The van der Waals surface area contributed by atoms with Crippen molar-refractivity contribution in [2.45, 2.75) is 45.1 Å². The van der Waals surface area contributed by atoms with Gasteiger partial charge in [0.05, 0.1) is 18.2 Å². The monoisotopic (exact) mass is 278 g/mol. The smallest absolute Gasteiger partial charge is 0.237 e. The fourth-order valence-corrected chi connectivity index (χ4v) is 2.19. The van der Waals surface area contributed by atoms with Gasteiger partial charge in [-0.1, -0.05) is 12.1 Å². The van der Waals surface area contributed by atoms with Crippen LogP contribution < -0.4 is 15.4 Å². The van der Waals surface area contributed by atoms with Crippen LogP contribution in [0.2, 0.25) is 0 Å². The van der Waals surface area contributed by atoms with Gasteiger partial charge in [0.15, 0.2) is 0 Å². The largest absolute Gasteiger partial charge is 0.491 e. The van der Waals surface area contributed by atoms with Crippen molar-refractivity contribution in [2.75, 3.05) is 6.54 Å². The highest BCUT2D eigenvalue weighted by molar-refractivity contribution is 5.82. The molecule has 110 valence electrons. The quantitative estimate of drug-likeness (QED) is 0.745.